The zero-order chi connectivity index (χ0) is 8.43. The standard InChI is InChI=1S/C6H13NO4/c8-1-3-5(10)6(11)4(2-9)7-3/h3-11H,1-2H2/t3-,4+,5+,6?/m0/s1. The van der Waals surface area contributed by atoms with E-state index in [-0.39, 0.29) is 13.2 Å². The average molecular weight is 163 g/mol. The third kappa shape index (κ3) is 1.52. The molecule has 1 heterocycles. The van der Waals surface area contributed by atoms with E-state index in [2.05, 4.69) is 5.32 Å². The first kappa shape index (κ1) is 8.89. The molecule has 0 spiro atoms. The minimum Gasteiger partial charge on any atom is -0.395 e. The molecule has 0 bridgehead atoms. The topological polar surface area (TPSA) is 93.0 Å². The molecule has 0 aromatic carbocycles. The highest BCUT2D eigenvalue weighted by Gasteiger charge is 2.39. The van der Waals surface area contributed by atoms with Crippen LogP contribution in [0, 0.1) is 0 Å². The van der Waals surface area contributed by atoms with E-state index in [0.717, 1.165) is 0 Å². The van der Waals surface area contributed by atoms with Crippen molar-refractivity contribution < 1.29 is 20.4 Å². The lowest BCUT2D eigenvalue weighted by Gasteiger charge is -2.12. The van der Waals surface area contributed by atoms with Crippen LogP contribution in [0.25, 0.3) is 0 Å². The molecule has 66 valence electrons. The Morgan fingerprint density at radius 2 is 1.27 bits per heavy atom. The number of aliphatic hydroxyl groups excluding tert-OH is 4. The lowest BCUT2D eigenvalue weighted by Crippen LogP contribution is -2.37. The second-order valence-electron chi connectivity index (χ2n) is 2.73. The predicted molar refractivity (Wildman–Crippen MR) is 36.9 cm³/mol. The van der Waals surface area contributed by atoms with Gasteiger partial charge in [-0.15, -0.1) is 0 Å². The Labute approximate surface area is 64.3 Å². The van der Waals surface area contributed by atoms with E-state index in [1.54, 1.807) is 0 Å². The quantitative estimate of drug-likeness (QED) is 0.300. The van der Waals surface area contributed by atoms with Crippen LogP contribution in [0.2, 0.25) is 0 Å². The van der Waals surface area contributed by atoms with Gasteiger partial charge in [0.1, 0.15) is 0 Å². The Bertz CT molecular complexity index is 114. The van der Waals surface area contributed by atoms with Crippen LogP contribution in [-0.4, -0.2) is 57.9 Å². The summed E-state index contributed by atoms with van der Waals surface area (Å²) in [5.74, 6) is 0. The van der Waals surface area contributed by atoms with Gasteiger partial charge >= 0.3 is 0 Å². The van der Waals surface area contributed by atoms with Crippen molar-refractivity contribution in [2.24, 2.45) is 0 Å². The van der Waals surface area contributed by atoms with Crippen molar-refractivity contribution in [3.8, 4) is 0 Å². The molecule has 11 heavy (non-hydrogen) atoms. The van der Waals surface area contributed by atoms with E-state index in [9.17, 15) is 10.2 Å². The van der Waals surface area contributed by atoms with Gasteiger partial charge in [-0.3, -0.25) is 0 Å². The zero-order valence-corrected chi connectivity index (χ0v) is 6.01. The van der Waals surface area contributed by atoms with Crippen LogP contribution in [0.4, 0.5) is 0 Å². The van der Waals surface area contributed by atoms with Gasteiger partial charge in [0.25, 0.3) is 0 Å². The SMILES string of the molecule is OC[C@@H]1N[C@H](CO)C(O)[C@@H]1O. The van der Waals surface area contributed by atoms with Gasteiger partial charge in [0.2, 0.25) is 0 Å². The van der Waals surface area contributed by atoms with E-state index >= 15 is 0 Å². The first-order valence-electron chi connectivity index (χ1n) is 3.54. The summed E-state index contributed by atoms with van der Waals surface area (Å²) in [6, 6.07) is -1.05. The number of hydrogen-bond donors (Lipinski definition) is 5. The van der Waals surface area contributed by atoms with E-state index in [4.69, 9.17) is 10.2 Å². The van der Waals surface area contributed by atoms with Crippen LogP contribution in [0.5, 0.6) is 0 Å². The summed E-state index contributed by atoms with van der Waals surface area (Å²) in [5, 5.41) is 38.3. The fraction of sp³-hybridized carbons (Fsp3) is 1.00. The number of nitrogens with one attached hydrogen (secondary N) is 1. The van der Waals surface area contributed by atoms with Crippen LogP contribution in [0.1, 0.15) is 0 Å². The molecule has 0 aromatic heterocycles. The van der Waals surface area contributed by atoms with Gasteiger partial charge < -0.3 is 25.7 Å². The third-order valence-corrected chi connectivity index (χ3v) is 2.00. The summed E-state index contributed by atoms with van der Waals surface area (Å²) in [7, 11) is 0. The van der Waals surface area contributed by atoms with Crippen molar-refractivity contribution in [3.05, 3.63) is 0 Å². The number of aliphatic hydroxyl groups is 4. The zero-order valence-electron chi connectivity index (χ0n) is 6.01. The molecule has 5 N–H and O–H groups in total. The molecule has 0 radical (unpaired) electrons. The van der Waals surface area contributed by atoms with Crippen molar-refractivity contribution in [3.63, 3.8) is 0 Å². The highest BCUT2D eigenvalue weighted by Crippen LogP contribution is 2.13. The maximum atomic E-state index is 9.18. The van der Waals surface area contributed by atoms with Crippen LogP contribution in [0.3, 0.4) is 0 Å². The first-order chi connectivity index (χ1) is 5.20. The summed E-state index contributed by atoms with van der Waals surface area (Å²) in [6.45, 7) is -0.483. The maximum absolute atomic E-state index is 9.18. The van der Waals surface area contributed by atoms with Crippen molar-refractivity contribution >= 4 is 0 Å². The molecule has 0 aliphatic carbocycles. The molecule has 5 nitrogen and oxygen atoms in total. The molecule has 5 heteroatoms. The molecule has 0 aromatic rings. The summed E-state index contributed by atoms with van der Waals surface area (Å²) in [5.41, 5.74) is 0. The van der Waals surface area contributed by atoms with Gasteiger partial charge in [0.05, 0.1) is 37.5 Å². The normalized spacial score (nSPS) is 44.7. The molecule has 1 saturated heterocycles. The van der Waals surface area contributed by atoms with Gasteiger partial charge in [-0.1, -0.05) is 0 Å². The molecule has 0 amide bonds. The number of rotatable bonds is 2. The van der Waals surface area contributed by atoms with E-state index in [0.29, 0.717) is 0 Å². The molecule has 1 rings (SSSR count). The van der Waals surface area contributed by atoms with E-state index < -0.39 is 24.3 Å². The molecule has 1 fully saturated rings. The van der Waals surface area contributed by atoms with Crippen LogP contribution >= 0.6 is 0 Å². The monoisotopic (exact) mass is 163 g/mol. The van der Waals surface area contributed by atoms with Crippen molar-refractivity contribution in [2.45, 2.75) is 24.3 Å². The van der Waals surface area contributed by atoms with Crippen molar-refractivity contribution in [1.29, 1.82) is 0 Å². The second kappa shape index (κ2) is 3.46. The van der Waals surface area contributed by atoms with Gasteiger partial charge in [0, 0.05) is 0 Å². The molecule has 4 atom stereocenters. The lowest BCUT2D eigenvalue weighted by atomic mass is 10.1. The molecular formula is C6H13NO4. The fourth-order valence-electron chi connectivity index (χ4n) is 1.27. The number of hydrogen-bond acceptors (Lipinski definition) is 5. The Morgan fingerprint density at radius 1 is 0.909 bits per heavy atom. The first-order valence-corrected chi connectivity index (χ1v) is 3.54. The Morgan fingerprint density at radius 3 is 1.45 bits per heavy atom. The Hall–Kier alpha value is -0.200. The van der Waals surface area contributed by atoms with Crippen molar-refractivity contribution in [1.82, 2.24) is 5.32 Å². The van der Waals surface area contributed by atoms with Crippen LogP contribution in [0.15, 0.2) is 0 Å². The Balaban J connectivity index is 2.53. The Kier molecular flexibility index (Phi) is 2.80. The lowest BCUT2D eigenvalue weighted by molar-refractivity contribution is 0.0130. The predicted octanol–water partition coefficient (Wildman–Crippen LogP) is -2.97. The average Bonchev–Trinajstić information content (AvgIpc) is 2.30. The second-order valence-corrected chi connectivity index (χ2v) is 2.73. The van der Waals surface area contributed by atoms with Crippen molar-refractivity contribution in [2.75, 3.05) is 13.2 Å². The molecule has 1 aliphatic rings. The molecule has 0 saturated carbocycles. The van der Waals surface area contributed by atoms with Gasteiger partial charge in [0.15, 0.2) is 0 Å². The highest BCUT2D eigenvalue weighted by atomic mass is 16.3. The van der Waals surface area contributed by atoms with Gasteiger partial charge in [-0.2, -0.15) is 0 Å². The van der Waals surface area contributed by atoms with E-state index in [1.807, 2.05) is 0 Å². The summed E-state index contributed by atoms with van der Waals surface area (Å²) >= 11 is 0. The highest BCUT2D eigenvalue weighted by molar-refractivity contribution is 4.97. The van der Waals surface area contributed by atoms with Crippen LogP contribution in [-0.2, 0) is 0 Å². The molecule has 1 unspecified atom stereocenters. The molecule has 1 aliphatic heterocycles. The summed E-state index contributed by atoms with van der Waals surface area (Å²) in [4.78, 5) is 0. The summed E-state index contributed by atoms with van der Waals surface area (Å²) < 4.78 is 0. The fourth-order valence-corrected chi connectivity index (χ4v) is 1.27. The van der Waals surface area contributed by atoms with Crippen LogP contribution < -0.4 is 5.32 Å². The minimum absolute atomic E-state index is 0.241. The smallest absolute Gasteiger partial charge is 0.0990 e. The minimum atomic E-state index is -0.989. The summed E-state index contributed by atoms with van der Waals surface area (Å²) in [6.07, 6.45) is -1.98. The largest absolute Gasteiger partial charge is 0.395 e. The maximum Gasteiger partial charge on any atom is 0.0990 e. The third-order valence-electron chi connectivity index (χ3n) is 2.00. The molecular weight excluding hydrogens is 150 g/mol. The van der Waals surface area contributed by atoms with E-state index in [1.165, 1.54) is 0 Å². The van der Waals surface area contributed by atoms with Gasteiger partial charge in [-0.05, 0) is 0 Å². The van der Waals surface area contributed by atoms with Gasteiger partial charge in [-0.25, -0.2) is 0 Å².